The summed E-state index contributed by atoms with van der Waals surface area (Å²) in [5.74, 6) is -2.05. The van der Waals surface area contributed by atoms with E-state index in [1.807, 2.05) is 26.0 Å². The SMILES string of the molecule is CC1(C)[C@H](C(=O)O)[C@@H]1C(=O)Nc1cccc2c1CCCC2. The number of amides is 1. The predicted octanol–water partition coefficient (Wildman–Crippen LogP) is 2.86. The van der Waals surface area contributed by atoms with Crippen LogP contribution in [-0.2, 0) is 22.4 Å². The molecule has 1 aromatic carbocycles. The van der Waals surface area contributed by atoms with Crippen molar-refractivity contribution in [2.45, 2.75) is 39.5 Å². The molecule has 0 aliphatic heterocycles. The topological polar surface area (TPSA) is 66.4 Å². The molecule has 112 valence electrons. The standard InChI is InChI=1S/C17H21NO3/c1-17(2)13(14(17)16(20)21)15(19)18-12-9-5-7-10-6-3-4-8-11(10)12/h5,7,9,13-14H,3-4,6,8H2,1-2H3,(H,18,19)(H,20,21)/t13-,14+/m1/s1. The number of hydrogen-bond donors (Lipinski definition) is 2. The quantitative estimate of drug-likeness (QED) is 0.898. The Hall–Kier alpha value is -1.84. The normalized spacial score (nSPS) is 25.8. The van der Waals surface area contributed by atoms with Crippen molar-refractivity contribution in [2.24, 2.45) is 17.3 Å². The summed E-state index contributed by atoms with van der Waals surface area (Å²) >= 11 is 0. The molecule has 21 heavy (non-hydrogen) atoms. The van der Waals surface area contributed by atoms with Crippen LogP contribution in [-0.4, -0.2) is 17.0 Å². The molecule has 0 saturated heterocycles. The van der Waals surface area contributed by atoms with E-state index >= 15 is 0 Å². The zero-order valence-electron chi connectivity index (χ0n) is 12.5. The second-order valence-corrected chi connectivity index (χ2v) is 6.75. The highest BCUT2D eigenvalue weighted by molar-refractivity contribution is 6.00. The summed E-state index contributed by atoms with van der Waals surface area (Å²) in [7, 11) is 0. The van der Waals surface area contributed by atoms with Crippen molar-refractivity contribution >= 4 is 17.6 Å². The lowest BCUT2D eigenvalue weighted by Gasteiger charge is -2.19. The average Bonchev–Trinajstić information content (AvgIpc) is 3.02. The van der Waals surface area contributed by atoms with Crippen molar-refractivity contribution in [2.75, 3.05) is 5.32 Å². The molecule has 2 atom stereocenters. The van der Waals surface area contributed by atoms with Gasteiger partial charge in [-0.25, -0.2) is 0 Å². The summed E-state index contributed by atoms with van der Waals surface area (Å²) < 4.78 is 0. The van der Waals surface area contributed by atoms with E-state index in [1.165, 1.54) is 17.5 Å². The molecule has 1 saturated carbocycles. The van der Waals surface area contributed by atoms with Crippen LogP contribution in [0, 0.1) is 17.3 Å². The molecule has 0 spiro atoms. The number of carbonyl (C=O) groups is 2. The van der Waals surface area contributed by atoms with Crippen LogP contribution in [0.5, 0.6) is 0 Å². The largest absolute Gasteiger partial charge is 0.481 e. The van der Waals surface area contributed by atoms with Gasteiger partial charge in [-0.05, 0) is 48.3 Å². The summed E-state index contributed by atoms with van der Waals surface area (Å²) in [6, 6.07) is 6.00. The van der Waals surface area contributed by atoms with Crippen LogP contribution in [0.4, 0.5) is 5.69 Å². The molecule has 1 fully saturated rings. The summed E-state index contributed by atoms with van der Waals surface area (Å²) in [5.41, 5.74) is 2.94. The zero-order valence-corrected chi connectivity index (χ0v) is 12.5. The van der Waals surface area contributed by atoms with E-state index in [2.05, 4.69) is 11.4 Å². The Labute approximate surface area is 124 Å². The molecule has 3 rings (SSSR count). The van der Waals surface area contributed by atoms with Crippen LogP contribution in [0.2, 0.25) is 0 Å². The maximum Gasteiger partial charge on any atom is 0.307 e. The minimum absolute atomic E-state index is 0.161. The van der Waals surface area contributed by atoms with Crippen LogP contribution in [0.3, 0.4) is 0 Å². The summed E-state index contributed by atoms with van der Waals surface area (Å²) in [5, 5.41) is 12.2. The average molecular weight is 287 g/mol. The lowest BCUT2D eigenvalue weighted by Crippen LogP contribution is -2.19. The lowest BCUT2D eigenvalue weighted by molar-refractivity contribution is -0.140. The fourth-order valence-corrected chi connectivity index (χ4v) is 3.70. The molecule has 0 heterocycles. The molecule has 4 heteroatoms. The molecule has 2 N–H and O–H groups in total. The van der Waals surface area contributed by atoms with Gasteiger partial charge in [0.2, 0.25) is 5.91 Å². The van der Waals surface area contributed by atoms with Crippen molar-refractivity contribution in [3.63, 3.8) is 0 Å². The Morgan fingerprint density at radius 3 is 2.57 bits per heavy atom. The molecule has 0 unspecified atom stereocenters. The first-order valence-corrected chi connectivity index (χ1v) is 7.57. The van der Waals surface area contributed by atoms with Crippen molar-refractivity contribution in [1.82, 2.24) is 0 Å². The van der Waals surface area contributed by atoms with Crippen molar-refractivity contribution in [1.29, 1.82) is 0 Å². The smallest absolute Gasteiger partial charge is 0.307 e. The van der Waals surface area contributed by atoms with Gasteiger partial charge < -0.3 is 10.4 Å². The maximum atomic E-state index is 12.4. The monoisotopic (exact) mass is 287 g/mol. The second-order valence-electron chi connectivity index (χ2n) is 6.75. The van der Waals surface area contributed by atoms with Gasteiger partial charge in [0, 0.05) is 5.69 Å². The van der Waals surface area contributed by atoms with E-state index in [0.717, 1.165) is 24.9 Å². The number of carboxylic acids is 1. The van der Waals surface area contributed by atoms with Crippen LogP contribution in [0.25, 0.3) is 0 Å². The Balaban J connectivity index is 1.79. The zero-order chi connectivity index (χ0) is 15.2. The van der Waals surface area contributed by atoms with Crippen molar-refractivity contribution in [3.8, 4) is 0 Å². The molecular weight excluding hydrogens is 266 g/mol. The highest BCUT2D eigenvalue weighted by atomic mass is 16.4. The fourth-order valence-electron chi connectivity index (χ4n) is 3.70. The summed E-state index contributed by atoms with van der Waals surface area (Å²) in [6.07, 6.45) is 4.39. The second kappa shape index (κ2) is 4.86. The lowest BCUT2D eigenvalue weighted by atomic mass is 9.90. The van der Waals surface area contributed by atoms with Gasteiger partial charge in [0.1, 0.15) is 0 Å². The first-order valence-electron chi connectivity index (χ1n) is 7.57. The van der Waals surface area contributed by atoms with Crippen LogP contribution in [0.15, 0.2) is 18.2 Å². The van der Waals surface area contributed by atoms with E-state index < -0.39 is 23.2 Å². The van der Waals surface area contributed by atoms with Gasteiger partial charge in [-0.15, -0.1) is 0 Å². The first-order chi connectivity index (χ1) is 9.93. The Bertz CT molecular complexity index is 606. The van der Waals surface area contributed by atoms with Gasteiger partial charge in [0.15, 0.2) is 0 Å². The highest BCUT2D eigenvalue weighted by Gasteiger charge is 2.65. The number of rotatable bonds is 3. The Morgan fingerprint density at radius 2 is 1.90 bits per heavy atom. The van der Waals surface area contributed by atoms with E-state index in [-0.39, 0.29) is 5.91 Å². The molecule has 1 amide bonds. The van der Waals surface area contributed by atoms with Gasteiger partial charge in [-0.3, -0.25) is 9.59 Å². The fraction of sp³-hybridized carbons (Fsp3) is 0.529. The van der Waals surface area contributed by atoms with Crippen LogP contribution < -0.4 is 5.32 Å². The predicted molar refractivity (Wildman–Crippen MR) is 80.1 cm³/mol. The first kappa shape index (κ1) is 14.1. The van der Waals surface area contributed by atoms with Gasteiger partial charge in [0.05, 0.1) is 11.8 Å². The number of aryl methyl sites for hydroxylation is 1. The maximum absolute atomic E-state index is 12.4. The number of anilines is 1. The number of hydrogen-bond acceptors (Lipinski definition) is 2. The number of aliphatic carboxylic acids is 1. The van der Waals surface area contributed by atoms with Gasteiger partial charge >= 0.3 is 5.97 Å². The summed E-state index contributed by atoms with van der Waals surface area (Å²) in [4.78, 5) is 23.6. The molecular formula is C17H21NO3. The number of carboxylic acid groups (broad SMARTS) is 1. The third-order valence-corrected chi connectivity index (χ3v) is 5.03. The Morgan fingerprint density at radius 1 is 1.19 bits per heavy atom. The molecule has 1 aromatic rings. The third-order valence-electron chi connectivity index (χ3n) is 5.03. The van der Waals surface area contributed by atoms with E-state index in [0.29, 0.717) is 0 Å². The van der Waals surface area contributed by atoms with Gasteiger partial charge in [0.25, 0.3) is 0 Å². The molecule has 4 nitrogen and oxygen atoms in total. The highest BCUT2D eigenvalue weighted by Crippen LogP contribution is 2.58. The molecule has 0 radical (unpaired) electrons. The van der Waals surface area contributed by atoms with Gasteiger partial charge in [-0.2, -0.15) is 0 Å². The van der Waals surface area contributed by atoms with E-state index in [4.69, 9.17) is 0 Å². The minimum Gasteiger partial charge on any atom is -0.481 e. The molecule has 2 aliphatic rings. The third kappa shape index (κ3) is 2.33. The summed E-state index contributed by atoms with van der Waals surface area (Å²) in [6.45, 7) is 3.69. The van der Waals surface area contributed by atoms with Crippen LogP contribution in [0.1, 0.15) is 37.8 Å². The molecule has 2 aliphatic carbocycles. The number of nitrogens with one attached hydrogen (secondary N) is 1. The Kier molecular flexibility index (Phi) is 3.27. The van der Waals surface area contributed by atoms with Gasteiger partial charge in [-0.1, -0.05) is 26.0 Å². The minimum atomic E-state index is -0.879. The van der Waals surface area contributed by atoms with E-state index in [9.17, 15) is 14.7 Å². The van der Waals surface area contributed by atoms with Crippen LogP contribution >= 0.6 is 0 Å². The number of fused-ring (bicyclic) bond motifs is 1. The van der Waals surface area contributed by atoms with Crippen molar-refractivity contribution in [3.05, 3.63) is 29.3 Å². The molecule has 0 aromatic heterocycles. The number of benzene rings is 1. The number of carbonyl (C=O) groups excluding carboxylic acids is 1. The van der Waals surface area contributed by atoms with E-state index in [1.54, 1.807) is 0 Å². The molecule has 0 bridgehead atoms. The van der Waals surface area contributed by atoms with Crippen molar-refractivity contribution < 1.29 is 14.7 Å².